The molecule has 2 aliphatic heterocycles. The molecule has 2 fully saturated rings. The molecule has 2 aliphatic rings. The minimum absolute atomic E-state index is 0.00179. The normalized spacial score (nSPS) is 25.4. The second-order valence-electron chi connectivity index (χ2n) is 6.30. The lowest BCUT2D eigenvalue weighted by molar-refractivity contribution is -0.138. The van der Waals surface area contributed by atoms with E-state index in [1.807, 2.05) is 0 Å². The van der Waals surface area contributed by atoms with Crippen molar-refractivity contribution in [1.29, 1.82) is 0 Å². The number of piperidine rings is 1. The minimum Gasteiger partial charge on any atom is -0.481 e. The number of carbonyl (C=O) groups excluding carboxylic acids is 2. The van der Waals surface area contributed by atoms with E-state index in [0.29, 0.717) is 26.2 Å². The summed E-state index contributed by atoms with van der Waals surface area (Å²) in [5, 5.41) is 11.7. The molecule has 1 unspecified atom stereocenters. The molecule has 0 saturated carbocycles. The molecular weight excluding hydrogens is 274 g/mol. The van der Waals surface area contributed by atoms with Crippen LogP contribution in [0.1, 0.15) is 33.1 Å². The number of amides is 3. The predicted octanol–water partition coefficient (Wildman–Crippen LogP) is 0.504. The van der Waals surface area contributed by atoms with Gasteiger partial charge in [0, 0.05) is 32.6 Å². The molecule has 0 aliphatic carbocycles. The van der Waals surface area contributed by atoms with Gasteiger partial charge in [-0.05, 0) is 32.6 Å². The van der Waals surface area contributed by atoms with Crippen LogP contribution >= 0.6 is 0 Å². The quantitative estimate of drug-likeness (QED) is 0.777. The van der Waals surface area contributed by atoms with Gasteiger partial charge in [0.1, 0.15) is 5.54 Å². The molecule has 3 amide bonds. The van der Waals surface area contributed by atoms with Gasteiger partial charge in [0.2, 0.25) is 5.91 Å². The van der Waals surface area contributed by atoms with Crippen molar-refractivity contribution in [2.45, 2.75) is 38.6 Å². The van der Waals surface area contributed by atoms with Gasteiger partial charge in [0.25, 0.3) is 0 Å². The number of carboxylic acid groups (broad SMARTS) is 1. The van der Waals surface area contributed by atoms with Gasteiger partial charge in [0.05, 0.1) is 0 Å². The summed E-state index contributed by atoms with van der Waals surface area (Å²) in [5.74, 6) is -0.977. The second-order valence-corrected chi connectivity index (χ2v) is 6.30. The number of piperazine rings is 1. The minimum atomic E-state index is -0.866. The van der Waals surface area contributed by atoms with Crippen molar-refractivity contribution in [3.63, 3.8) is 0 Å². The van der Waals surface area contributed by atoms with Crippen LogP contribution in [-0.2, 0) is 9.59 Å². The van der Waals surface area contributed by atoms with E-state index in [1.54, 1.807) is 23.6 Å². The number of aliphatic carboxylic acids is 1. The summed E-state index contributed by atoms with van der Waals surface area (Å²) >= 11 is 0. The van der Waals surface area contributed by atoms with Gasteiger partial charge < -0.3 is 20.2 Å². The van der Waals surface area contributed by atoms with Crippen molar-refractivity contribution in [2.75, 3.05) is 26.2 Å². The van der Waals surface area contributed by atoms with Crippen LogP contribution in [0.25, 0.3) is 0 Å². The molecule has 2 heterocycles. The standard InChI is InChI=1S/C14H23N3O4/c1-14(2)12(20)15-5-7-17(14)13(21)16-6-3-4-10(9-16)8-11(18)19/h10H,3-9H2,1-2H3,(H,15,20)(H,18,19). The molecule has 2 saturated heterocycles. The number of nitrogens with zero attached hydrogens (tertiary/aromatic N) is 2. The molecule has 1 atom stereocenters. The van der Waals surface area contributed by atoms with Gasteiger partial charge >= 0.3 is 12.0 Å². The third kappa shape index (κ3) is 3.28. The molecule has 7 nitrogen and oxygen atoms in total. The SMILES string of the molecule is CC1(C)C(=O)NCCN1C(=O)N1CCCC(CC(=O)O)C1. The topological polar surface area (TPSA) is 90.0 Å². The highest BCUT2D eigenvalue weighted by molar-refractivity contribution is 5.91. The molecule has 0 spiro atoms. The summed E-state index contributed by atoms with van der Waals surface area (Å²) in [5.41, 5.74) is -0.866. The zero-order valence-electron chi connectivity index (χ0n) is 12.6. The first-order valence-corrected chi connectivity index (χ1v) is 7.39. The molecule has 21 heavy (non-hydrogen) atoms. The van der Waals surface area contributed by atoms with Crippen LogP contribution in [0.5, 0.6) is 0 Å². The first-order chi connectivity index (χ1) is 9.82. The van der Waals surface area contributed by atoms with Gasteiger partial charge in [0.15, 0.2) is 0 Å². The van der Waals surface area contributed by atoms with E-state index < -0.39 is 11.5 Å². The fourth-order valence-electron chi connectivity index (χ4n) is 3.06. The highest BCUT2D eigenvalue weighted by atomic mass is 16.4. The Hall–Kier alpha value is -1.79. The summed E-state index contributed by atoms with van der Waals surface area (Å²) in [6.45, 7) is 5.50. The second kappa shape index (κ2) is 5.91. The lowest BCUT2D eigenvalue weighted by Gasteiger charge is -2.44. The maximum Gasteiger partial charge on any atom is 0.320 e. The fourth-order valence-corrected chi connectivity index (χ4v) is 3.06. The number of carboxylic acids is 1. The zero-order chi connectivity index (χ0) is 15.6. The van der Waals surface area contributed by atoms with E-state index in [9.17, 15) is 14.4 Å². The molecule has 7 heteroatoms. The highest BCUT2D eigenvalue weighted by Gasteiger charge is 2.42. The van der Waals surface area contributed by atoms with E-state index >= 15 is 0 Å². The highest BCUT2D eigenvalue weighted by Crippen LogP contribution is 2.24. The molecule has 2 N–H and O–H groups in total. The van der Waals surface area contributed by atoms with Crippen LogP contribution in [0.3, 0.4) is 0 Å². The summed E-state index contributed by atoms with van der Waals surface area (Å²) in [7, 11) is 0. The number of urea groups is 1. The van der Waals surface area contributed by atoms with Crippen LogP contribution in [0.2, 0.25) is 0 Å². The molecule has 2 rings (SSSR count). The van der Waals surface area contributed by atoms with Gasteiger partial charge in [-0.15, -0.1) is 0 Å². The lowest BCUT2D eigenvalue weighted by atomic mass is 9.94. The molecule has 0 aromatic carbocycles. The van der Waals surface area contributed by atoms with E-state index in [-0.39, 0.29) is 24.3 Å². The van der Waals surface area contributed by atoms with Crippen molar-refractivity contribution >= 4 is 17.9 Å². The van der Waals surface area contributed by atoms with Crippen LogP contribution < -0.4 is 5.32 Å². The zero-order valence-corrected chi connectivity index (χ0v) is 12.6. The number of carbonyl (C=O) groups is 3. The van der Waals surface area contributed by atoms with Crippen molar-refractivity contribution in [3.8, 4) is 0 Å². The van der Waals surface area contributed by atoms with E-state index in [0.717, 1.165) is 12.8 Å². The Bertz CT molecular complexity index is 450. The van der Waals surface area contributed by atoms with Crippen LogP contribution in [0.15, 0.2) is 0 Å². The maximum atomic E-state index is 12.7. The first kappa shape index (κ1) is 15.6. The van der Waals surface area contributed by atoms with Crippen LogP contribution in [0.4, 0.5) is 4.79 Å². The Kier molecular flexibility index (Phi) is 4.39. The van der Waals surface area contributed by atoms with Crippen molar-refractivity contribution < 1.29 is 19.5 Å². The third-order valence-corrected chi connectivity index (χ3v) is 4.34. The molecule has 118 valence electrons. The van der Waals surface area contributed by atoms with Crippen molar-refractivity contribution in [2.24, 2.45) is 5.92 Å². The monoisotopic (exact) mass is 297 g/mol. The van der Waals surface area contributed by atoms with Gasteiger partial charge in [-0.2, -0.15) is 0 Å². The number of hydrogen-bond acceptors (Lipinski definition) is 3. The average Bonchev–Trinajstić information content (AvgIpc) is 2.40. The summed E-state index contributed by atoms with van der Waals surface area (Å²) in [6.07, 6.45) is 1.73. The summed E-state index contributed by atoms with van der Waals surface area (Å²) < 4.78 is 0. The number of nitrogens with one attached hydrogen (secondary N) is 1. The number of rotatable bonds is 2. The largest absolute Gasteiger partial charge is 0.481 e. The Morgan fingerprint density at radius 3 is 2.76 bits per heavy atom. The van der Waals surface area contributed by atoms with E-state index in [4.69, 9.17) is 5.11 Å². The van der Waals surface area contributed by atoms with Crippen molar-refractivity contribution in [3.05, 3.63) is 0 Å². The Morgan fingerprint density at radius 2 is 2.10 bits per heavy atom. The first-order valence-electron chi connectivity index (χ1n) is 7.39. The molecule has 0 radical (unpaired) electrons. The van der Waals surface area contributed by atoms with Gasteiger partial charge in [-0.3, -0.25) is 9.59 Å². The maximum absolute atomic E-state index is 12.7. The van der Waals surface area contributed by atoms with Gasteiger partial charge in [-0.1, -0.05) is 0 Å². The molecule has 0 aromatic rings. The van der Waals surface area contributed by atoms with Gasteiger partial charge in [-0.25, -0.2) is 4.79 Å². The summed E-state index contributed by atoms with van der Waals surface area (Å²) in [4.78, 5) is 38.7. The smallest absolute Gasteiger partial charge is 0.320 e. The predicted molar refractivity (Wildman–Crippen MR) is 75.7 cm³/mol. The fraction of sp³-hybridized carbons (Fsp3) is 0.786. The average molecular weight is 297 g/mol. The van der Waals surface area contributed by atoms with E-state index in [2.05, 4.69) is 5.32 Å². The van der Waals surface area contributed by atoms with Crippen LogP contribution in [0, 0.1) is 5.92 Å². The Balaban J connectivity index is 2.05. The van der Waals surface area contributed by atoms with Crippen LogP contribution in [-0.4, -0.2) is 64.5 Å². The Morgan fingerprint density at radius 1 is 1.38 bits per heavy atom. The Labute approximate surface area is 124 Å². The van der Waals surface area contributed by atoms with E-state index in [1.165, 1.54) is 0 Å². The number of likely N-dealkylation sites (tertiary alicyclic amines) is 1. The van der Waals surface area contributed by atoms with Crippen molar-refractivity contribution in [1.82, 2.24) is 15.1 Å². The third-order valence-electron chi connectivity index (χ3n) is 4.34. The number of hydrogen-bond donors (Lipinski definition) is 2. The summed E-state index contributed by atoms with van der Waals surface area (Å²) in [6, 6.07) is -0.162. The molecule has 0 aromatic heterocycles. The molecule has 0 bridgehead atoms. The lowest BCUT2D eigenvalue weighted by Crippen LogP contribution is -2.66. The molecular formula is C14H23N3O4.